The Morgan fingerprint density at radius 1 is 1.25 bits per heavy atom. The van der Waals surface area contributed by atoms with E-state index in [4.69, 9.17) is 5.73 Å². The molecule has 2 heteroatoms. The van der Waals surface area contributed by atoms with Gasteiger partial charge in [0.15, 0.2) is 0 Å². The summed E-state index contributed by atoms with van der Waals surface area (Å²) in [7, 11) is 0. The number of anilines is 1. The van der Waals surface area contributed by atoms with E-state index in [9.17, 15) is 0 Å². The van der Waals surface area contributed by atoms with Crippen LogP contribution in [0.1, 0.15) is 46.5 Å². The van der Waals surface area contributed by atoms with Gasteiger partial charge in [0.1, 0.15) is 0 Å². The highest BCUT2D eigenvalue weighted by molar-refractivity contribution is 5.46. The van der Waals surface area contributed by atoms with Crippen LogP contribution in [0.25, 0.3) is 0 Å². The summed E-state index contributed by atoms with van der Waals surface area (Å²) in [5, 5.41) is 0. The van der Waals surface area contributed by atoms with E-state index in [1.165, 1.54) is 31.4 Å². The molecule has 1 saturated carbocycles. The van der Waals surface area contributed by atoms with Crippen LogP contribution in [0.2, 0.25) is 0 Å². The van der Waals surface area contributed by atoms with Crippen LogP contribution in [0.4, 0.5) is 5.69 Å². The van der Waals surface area contributed by atoms with E-state index in [1.54, 1.807) is 0 Å². The zero-order chi connectivity index (χ0) is 14.6. The average Bonchev–Trinajstić information content (AvgIpc) is 2.71. The molecule has 1 aromatic carbocycles. The van der Waals surface area contributed by atoms with E-state index in [0.717, 1.165) is 13.1 Å². The number of hydrogen-bond donors (Lipinski definition) is 1. The van der Waals surface area contributed by atoms with Gasteiger partial charge in [-0.1, -0.05) is 45.4 Å². The van der Waals surface area contributed by atoms with Crippen molar-refractivity contribution in [3.05, 3.63) is 30.3 Å². The van der Waals surface area contributed by atoms with Gasteiger partial charge in [0, 0.05) is 24.8 Å². The van der Waals surface area contributed by atoms with Gasteiger partial charge < -0.3 is 10.6 Å². The first-order valence-corrected chi connectivity index (χ1v) is 8.10. The number of hydrogen-bond acceptors (Lipinski definition) is 2. The van der Waals surface area contributed by atoms with Gasteiger partial charge in [0.25, 0.3) is 0 Å². The van der Waals surface area contributed by atoms with Crippen molar-refractivity contribution in [2.75, 3.05) is 18.0 Å². The molecule has 1 aliphatic rings. The van der Waals surface area contributed by atoms with Gasteiger partial charge in [-0.3, -0.25) is 0 Å². The summed E-state index contributed by atoms with van der Waals surface area (Å²) < 4.78 is 0. The number of nitrogens with zero attached hydrogens (tertiary/aromatic N) is 1. The number of nitrogens with two attached hydrogens (primary N) is 1. The zero-order valence-corrected chi connectivity index (χ0v) is 13.3. The molecule has 1 aromatic rings. The minimum absolute atomic E-state index is 0.303. The molecule has 2 N–H and O–H groups in total. The fraction of sp³-hybridized carbons (Fsp3) is 0.667. The highest BCUT2D eigenvalue weighted by Gasteiger charge is 2.39. The van der Waals surface area contributed by atoms with Gasteiger partial charge in [0.2, 0.25) is 0 Å². The maximum atomic E-state index is 6.49. The van der Waals surface area contributed by atoms with Crippen LogP contribution >= 0.6 is 0 Å². The van der Waals surface area contributed by atoms with Crippen LogP contribution in [0.15, 0.2) is 30.3 Å². The van der Waals surface area contributed by atoms with E-state index >= 15 is 0 Å². The lowest BCUT2D eigenvalue weighted by Gasteiger charge is -2.32. The van der Waals surface area contributed by atoms with Gasteiger partial charge in [-0.2, -0.15) is 0 Å². The molecule has 0 spiro atoms. The minimum atomic E-state index is 0.303. The van der Waals surface area contributed by atoms with Gasteiger partial charge in [-0.25, -0.2) is 0 Å². The normalized spacial score (nSPS) is 24.8. The maximum Gasteiger partial charge on any atom is 0.0366 e. The second kappa shape index (κ2) is 6.62. The molecule has 2 atom stereocenters. The fourth-order valence-electron chi connectivity index (χ4n) is 3.34. The van der Waals surface area contributed by atoms with E-state index in [-0.39, 0.29) is 0 Å². The first kappa shape index (κ1) is 15.4. The molecule has 1 aliphatic carbocycles. The Morgan fingerprint density at radius 2 is 1.95 bits per heavy atom. The lowest BCUT2D eigenvalue weighted by Crippen LogP contribution is -2.42. The molecule has 2 rings (SSSR count). The molecular weight excluding hydrogens is 244 g/mol. The highest BCUT2D eigenvalue weighted by atomic mass is 15.1. The van der Waals surface area contributed by atoms with Gasteiger partial charge in [-0.05, 0) is 42.7 Å². The summed E-state index contributed by atoms with van der Waals surface area (Å²) in [6, 6.07) is 11.1. The summed E-state index contributed by atoms with van der Waals surface area (Å²) in [6.07, 6.45) is 5.02. The van der Waals surface area contributed by atoms with E-state index < -0.39 is 0 Å². The Labute approximate surface area is 124 Å². The number of unbranched alkanes of at least 4 members (excludes halogenated alkanes) is 1. The topological polar surface area (TPSA) is 29.3 Å². The third-order valence-electron chi connectivity index (χ3n) is 4.93. The van der Waals surface area contributed by atoms with Gasteiger partial charge in [-0.15, -0.1) is 0 Å². The zero-order valence-electron chi connectivity index (χ0n) is 13.3. The van der Waals surface area contributed by atoms with Gasteiger partial charge >= 0.3 is 0 Å². The van der Waals surface area contributed by atoms with Crippen molar-refractivity contribution in [3.8, 4) is 0 Å². The number of para-hydroxylation sites is 1. The van der Waals surface area contributed by atoms with Crippen molar-refractivity contribution in [1.29, 1.82) is 0 Å². The predicted octanol–water partition coefficient (Wildman–Crippen LogP) is 4.06. The monoisotopic (exact) mass is 274 g/mol. The second-order valence-electron chi connectivity index (χ2n) is 6.95. The summed E-state index contributed by atoms with van der Waals surface area (Å²) in [5.41, 5.74) is 8.13. The minimum Gasteiger partial charge on any atom is -0.371 e. The Balaban J connectivity index is 2.05. The standard InChI is InChI=1S/C18H30N2/c1-4-5-13-20(16-9-7-6-8-10-16)14-15-11-12-18(2,3)17(15)19/h6-10,15,17H,4-5,11-14,19H2,1-3H3. The summed E-state index contributed by atoms with van der Waals surface area (Å²) in [6.45, 7) is 9.14. The SMILES string of the molecule is CCCCN(CC1CCC(C)(C)C1N)c1ccccc1. The van der Waals surface area contributed by atoms with Gasteiger partial charge in [0.05, 0.1) is 0 Å². The quantitative estimate of drug-likeness (QED) is 0.847. The van der Waals surface area contributed by atoms with Crippen molar-refractivity contribution >= 4 is 5.69 Å². The molecule has 0 heterocycles. The third kappa shape index (κ3) is 3.54. The molecule has 0 aliphatic heterocycles. The van der Waals surface area contributed by atoms with Crippen molar-refractivity contribution in [3.63, 3.8) is 0 Å². The maximum absolute atomic E-state index is 6.49. The van der Waals surface area contributed by atoms with Crippen molar-refractivity contribution < 1.29 is 0 Å². The molecule has 0 saturated heterocycles. The van der Waals surface area contributed by atoms with Crippen LogP contribution in [0.5, 0.6) is 0 Å². The molecule has 1 fully saturated rings. The largest absolute Gasteiger partial charge is 0.371 e. The number of benzene rings is 1. The third-order valence-corrected chi connectivity index (χ3v) is 4.93. The van der Waals surface area contributed by atoms with Crippen LogP contribution < -0.4 is 10.6 Å². The molecule has 20 heavy (non-hydrogen) atoms. The van der Waals surface area contributed by atoms with Crippen LogP contribution in [-0.4, -0.2) is 19.1 Å². The summed E-state index contributed by atoms with van der Waals surface area (Å²) in [5.74, 6) is 0.627. The smallest absolute Gasteiger partial charge is 0.0366 e. The molecule has 0 amide bonds. The van der Waals surface area contributed by atoms with Crippen LogP contribution in [0, 0.1) is 11.3 Å². The molecule has 0 aromatic heterocycles. The fourth-order valence-corrected chi connectivity index (χ4v) is 3.34. The van der Waals surface area contributed by atoms with E-state index in [1.807, 2.05) is 0 Å². The first-order valence-electron chi connectivity index (χ1n) is 8.10. The summed E-state index contributed by atoms with van der Waals surface area (Å²) in [4.78, 5) is 2.54. The molecule has 112 valence electrons. The van der Waals surface area contributed by atoms with E-state index in [0.29, 0.717) is 17.4 Å². The summed E-state index contributed by atoms with van der Waals surface area (Å²) >= 11 is 0. The number of rotatable bonds is 6. The van der Waals surface area contributed by atoms with E-state index in [2.05, 4.69) is 56.0 Å². The lowest BCUT2D eigenvalue weighted by molar-refractivity contribution is 0.300. The van der Waals surface area contributed by atoms with Crippen molar-refractivity contribution in [1.82, 2.24) is 0 Å². The Kier molecular flexibility index (Phi) is 5.09. The average molecular weight is 274 g/mol. The molecule has 2 unspecified atom stereocenters. The molecule has 2 nitrogen and oxygen atoms in total. The molecular formula is C18H30N2. The highest BCUT2D eigenvalue weighted by Crippen LogP contribution is 2.40. The Morgan fingerprint density at radius 3 is 2.50 bits per heavy atom. The predicted molar refractivity (Wildman–Crippen MR) is 88.0 cm³/mol. The van der Waals surface area contributed by atoms with Crippen molar-refractivity contribution in [2.45, 2.75) is 52.5 Å². The molecule has 0 bridgehead atoms. The lowest BCUT2D eigenvalue weighted by atomic mass is 9.85. The van der Waals surface area contributed by atoms with Crippen LogP contribution in [0.3, 0.4) is 0 Å². The Hall–Kier alpha value is -1.02. The Bertz CT molecular complexity index is 399. The first-order chi connectivity index (χ1) is 9.54. The van der Waals surface area contributed by atoms with Crippen molar-refractivity contribution in [2.24, 2.45) is 17.1 Å². The van der Waals surface area contributed by atoms with Crippen LogP contribution in [-0.2, 0) is 0 Å². The molecule has 0 radical (unpaired) electrons. The second-order valence-corrected chi connectivity index (χ2v) is 6.95.